The van der Waals surface area contributed by atoms with Crippen molar-refractivity contribution in [3.8, 4) is 5.13 Å². The maximum absolute atomic E-state index is 5.69. The molecule has 4 heterocycles. The second-order valence-electron chi connectivity index (χ2n) is 6.80. The molecular weight excluding hydrogens is 374 g/mol. The van der Waals surface area contributed by atoms with E-state index in [0.29, 0.717) is 0 Å². The van der Waals surface area contributed by atoms with Crippen molar-refractivity contribution in [3.63, 3.8) is 0 Å². The van der Waals surface area contributed by atoms with Crippen molar-refractivity contribution in [2.24, 2.45) is 0 Å². The molecule has 0 spiro atoms. The number of nitrogens with zero attached hydrogens (tertiary/aromatic N) is 4. The van der Waals surface area contributed by atoms with Gasteiger partial charge in [0.05, 0.1) is 17.8 Å². The number of hydrogen-bond donors (Lipinski definition) is 1. The average molecular weight is 398 g/mol. The van der Waals surface area contributed by atoms with Gasteiger partial charge in [-0.05, 0) is 56.2 Å². The highest BCUT2D eigenvalue weighted by Gasteiger charge is 2.41. The lowest BCUT2D eigenvalue weighted by Crippen LogP contribution is -2.30. The van der Waals surface area contributed by atoms with Crippen molar-refractivity contribution in [3.05, 3.63) is 64.7 Å². The average Bonchev–Trinajstić information content (AvgIpc) is 3.36. The number of nitrogens with one attached hydrogen (secondary N) is 1. The van der Waals surface area contributed by atoms with Gasteiger partial charge in [0.2, 0.25) is 0 Å². The van der Waals surface area contributed by atoms with Crippen LogP contribution in [0.2, 0.25) is 0 Å². The molecule has 0 amide bonds. The fourth-order valence-corrected chi connectivity index (χ4v) is 5.02. The SMILES string of the molecule is CCCN1C(=S)N[C@H](c2ccccn2)[C@H]1c1cc(C)n(-c2nccs2)c1C. The summed E-state index contributed by atoms with van der Waals surface area (Å²) in [5, 5.41) is 7.33. The summed E-state index contributed by atoms with van der Waals surface area (Å²) in [6.07, 6.45) is 4.74. The van der Waals surface area contributed by atoms with Crippen molar-refractivity contribution < 1.29 is 0 Å². The van der Waals surface area contributed by atoms with Gasteiger partial charge in [0.1, 0.15) is 0 Å². The third-order valence-corrected chi connectivity index (χ3v) is 6.17. The molecule has 0 aliphatic carbocycles. The highest BCUT2D eigenvalue weighted by atomic mass is 32.1. The molecule has 0 bridgehead atoms. The van der Waals surface area contributed by atoms with Crippen molar-refractivity contribution in [2.75, 3.05) is 6.54 Å². The van der Waals surface area contributed by atoms with Gasteiger partial charge in [0.15, 0.2) is 10.2 Å². The molecule has 4 rings (SSSR count). The number of aryl methyl sites for hydroxylation is 1. The number of rotatable bonds is 5. The Hall–Kier alpha value is -2.25. The van der Waals surface area contributed by atoms with E-state index in [1.807, 2.05) is 29.9 Å². The molecule has 0 radical (unpaired) electrons. The van der Waals surface area contributed by atoms with E-state index in [2.05, 4.69) is 57.7 Å². The number of hydrogen-bond acceptors (Lipinski definition) is 4. The highest BCUT2D eigenvalue weighted by molar-refractivity contribution is 7.80. The molecule has 1 N–H and O–H groups in total. The first kappa shape index (κ1) is 18.1. The first-order chi connectivity index (χ1) is 13.1. The van der Waals surface area contributed by atoms with E-state index in [9.17, 15) is 0 Å². The number of thiazole rings is 1. The molecule has 7 heteroatoms. The normalized spacial score (nSPS) is 19.5. The Kier molecular flexibility index (Phi) is 4.97. The minimum absolute atomic E-state index is 0.0375. The van der Waals surface area contributed by atoms with E-state index in [1.165, 1.54) is 17.0 Å². The molecule has 0 unspecified atom stereocenters. The zero-order chi connectivity index (χ0) is 19.0. The van der Waals surface area contributed by atoms with E-state index >= 15 is 0 Å². The van der Waals surface area contributed by atoms with Gasteiger partial charge in [-0.25, -0.2) is 4.98 Å². The summed E-state index contributed by atoms with van der Waals surface area (Å²) in [5.74, 6) is 0. The maximum atomic E-state index is 5.69. The molecule has 1 fully saturated rings. The maximum Gasteiger partial charge on any atom is 0.193 e. The summed E-state index contributed by atoms with van der Waals surface area (Å²) in [6, 6.07) is 8.48. The zero-order valence-electron chi connectivity index (χ0n) is 15.7. The van der Waals surface area contributed by atoms with Crippen molar-refractivity contribution in [1.29, 1.82) is 0 Å². The Morgan fingerprint density at radius 2 is 2.07 bits per heavy atom. The zero-order valence-corrected chi connectivity index (χ0v) is 17.3. The minimum Gasteiger partial charge on any atom is -0.352 e. The molecule has 1 saturated heterocycles. The van der Waals surface area contributed by atoms with Gasteiger partial charge in [-0.15, -0.1) is 11.3 Å². The van der Waals surface area contributed by atoms with Gasteiger partial charge in [-0.1, -0.05) is 13.0 Å². The summed E-state index contributed by atoms with van der Waals surface area (Å²) in [6.45, 7) is 7.41. The van der Waals surface area contributed by atoms with Crippen LogP contribution in [0.15, 0.2) is 42.0 Å². The van der Waals surface area contributed by atoms with Crippen LogP contribution in [-0.2, 0) is 0 Å². The van der Waals surface area contributed by atoms with Crippen LogP contribution in [0.1, 0.15) is 48.1 Å². The summed E-state index contributed by atoms with van der Waals surface area (Å²) >= 11 is 7.35. The van der Waals surface area contributed by atoms with Crippen LogP contribution >= 0.6 is 23.6 Å². The van der Waals surface area contributed by atoms with Crippen molar-refractivity contribution >= 4 is 28.7 Å². The monoisotopic (exact) mass is 397 g/mol. The molecule has 0 saturated carbocycles. The first-order valence-electron chi connectivity index (χ1n) is 9.18. The number of pyridine rings is 1. The third kappa shape index (κ3) is 3.15. The minimum atomic E-state index is 0.0375. The lowest BCUT2D eigenvalue weighted by atomic mass is 9.96. The van der Waals surface area contributed by atoms with Gasteiger partial charge in [-0.3, -0.25) is 9.55 Å². The Morgan fingerprint density at radius 1 is 1.22 bits per heavy atom. The first-order valence-corrected chi connectivity index (χ1v) is 10.5. The summed E-state index contributed by atoms with van der Waals surface area (Å²) in [4.78, 5) is 11.4. The number of aromatic nitrogens is 3. The Bertz CT molecular complexity index is 933. The van der Waals surface area contributed by atoms with Crippen LogP contribution in [0.25, 0.3) is 5.13 Å². The van der Waals surface area contributed by atoms with Gasteiger partial charge >= 0.3 is 0 Å². The standard InChI is InChI=1S/C20H23N5S2/c1-4-10-24-18(17(23-19(24)26)16-7-5-6-8-21-16)15-12-13(2)25(14(15)3)20-22-9-11-27-20/h5-9,11-12,17-18H,4,10H2,1-3H3,(H,23,26)/t17-,18-/m1/s1. The molecular formula is C20H23N5S2. The van der Waals surface area contributed by atoms with E-state index in [4.69, 9.17) is 12.2 Å². The Labute approximate surface area is 169 Å². The van der Waals surface area contributed by atoms with Crippen molar-refractivity contribution in [2.45, 2.75) is 39.3 Å². The molecule has 5 nitrogen and oxygen atoms in total. The smallest absolute Gasteiger partial charge is 0.193 e. The van der Waals surface area contributed by atoms with E-state index in [0.717, 1.165) is 28.9 Å². The Balaban J connectivity index is 1.83. The summed E-state index contributed by atoms with van der Waals surface area (Å²) in [5.41, 5.74) is 4.69. The van der Waals surface area contributed by atoms with Crippen LogP contribution in [0.5, 0.6) is 0 Å². The van der Waals surface area contributed by atoms with Crippen molar-refractivity contribution in [1.82, 2.24) is 24.8 Å². The number of thiocarbonyl (C=S) groups is 1. The second-order valence-corrected chi connectivity index (χ2v) is 8.06. The second kappa shape index (κ2) is 7.40. The predicted octanol–water partition coefficient (Wildman–Crippen LogP) is 4.33. The van der Waals surface area contributed by atoms with Crippen LogP contribution in [0, 0.1) is 13.8 Å². The fraction of sp³-hybridized carbons (Fsp3) is 0.350. The van der Waals surface area contributed by atoms with Crippen LogP contribution < -0.4 is 5.32 Å². The molecule has 3 aromatic heterocycles. The van der Waals surface area contributed by atoms with Gasteiger partial charge < -0.3 is 10.2 Å². The van der Waals surface area contributed by atoms with E-state index < -0.39 is 0 Å². The van der Waals surface area contributed by atoms with Crippen LogP contribution in [-0.4, -0.2) is 31.1 Å². The molecule has 140 valence electrons. The summed E-state index contributed by atoms with van der Waals surface area (Å²) < 4.78 is 2.24. The van der Waals surface area contributed by atoms with Crippen LogP contribution in [0.4, 0.5) is 0 Å². The molecule has 1 aliphatic heterocycles. The molecule has 3 aromatic rings. The van der Waals surface area contributed by atoms with Gasteiger partial charge in [-0.2, -0.15) is 0 Å². The van der Waals surface area contributed by atoms with Gasteiger partial charge in [0, 0.05) is 35.7 Å². The van der Waals surface area contributed by atoms with E-state index in [-0.39, 0.29) is 12.1 Å². The molecule has 27 heavy (non-hydrogen) atoms. The molecule has 2 atom stereocenters. The lowest BCUT2D eigenvalue weighted by molar-refractivity contribution is 0.316. The highest BCUT2D eigenvalue weighted by Crippen LogP contribution is 2.41. The lowest BCUT2D eigenvalue weighted by Gasteiger charge is -2.27. The predicted molar refractivity (Wildman–Crippen MR) is 113 cm³/mol. The van der Waals surface area contributed by atoms with Gasteiger partial charge in [0.25, 0.3) is 0 Å². The molecule has 0 aromatic carbocycles. The molecule has 1 aliphatic rings. The summed E-state index contributed by atoms with van der Waals surface area (Å²) in [7, 11) is 0. The fourth-order valence-electron chi connectivity index (χ4n) is 3.93. The largest absolute Gasteiger partial charge is 0.352 e. The topological polar surface area (TPSA) is 46.0 Å². The Morgan fingerprint density at radius 3 is 2.74 bits per heavy atom. The van der Waals surface area contributed by atoms with Crippen LogP contribution in [0.3, 0.4) is 0 Å². The third-order valence-electron chi connectivity index (χ3n) is 5.06. The van der Waals surface area contributed by atoms with E-state index in [1.54, 1.807) is 11.3 Å². The quantitative estimate of drug-likeness (QED) is 0.650.